The first-order chi connectivity index (χ1) is 8.38. The number of rotatable bonds is 4. The molecule has 1 aliphatic heterocycles. The van der Waals surface area contributed by atoms with E-state index in [4.69, 9.17) is 22.7 Å². The Bertz CT molecular complexity index is 362. The number of nitrogens with one attached hydrogen (secondary N) is 1. The van der Waals surface area contributed by atoms with Crippen LogP contribution >= 0.6 is 12.2 Å². The highest BCUT2D eigenvalue weighted by molar-refractivity contribution is 7.80. The minimum absolute atomic E-state index is 0.0130. The highest BCUT2D eigenvalue weighted by atomic mass is 32.1. The molecule has 1 amide bonds. The molecule has 1 unspecified atom stereocenters. The lowest BCUT2D eigenvalue weighted by Crippen LogP contribution is -2.52. The van der Waals surface area contributed by atoms with Gasteiger partial charge in [-0.1, -0.05) is 26.1 Å². The van der Waals surface area contributed by atoms with Gasteiger partial charge in [0.25, 0.3) is 0 Å². The molecule has 2 aliphatic rings. The number of carbonyl (C=O) groups excluding carboxylic acids is 1. The van der Waals surface area contributed by atoms with Crippen molar-refractivity contribution in [3.8, 4) is 0 Å². The third kappa shape index (κ3) is 2.52. The quantitative estimate of drug-likeness (QED) is 0.754. The number of hydrogen-bond acceptors (Lipinski definition) is 3. The van der Waals surface area contributed by atoms with E-state index in [9.17, 15) is 4.79 Å². The van der Waals surface area contributed by atoms with E-state index in [-0.39, 0.29) is 5.91 Å². The van der Waals surface area contributed by atoms with Crippen LogP contribution in [0.25, 0.3) is 0 Å². The molecule has 1 heterocycles. The molecule has 102 valence electrons. The van der Waals surface area contributed by atoms with Gasteiger partial charge in [-0.2, -0.15) is 0 Å². The number of ether oxygens (including phenoxy) is 1. The van der Waals surface area contributed by atoms with Gasteiger partial charge in [-0.15, -0.1) is 0 Å². The molecule has 0 spiro atoms. The van der Waals surface area contributed by atoms with Crippen molar-refractivity contribution in [2.24, 2.45) is 22.5 Å². The Morgan fingerprint density at radius 3 is 2.44 bits per heavy atom. The van der Waals surface area contributed by atoms with Crippen molar-refractivity contribution in [2.45, 2.75) is 33.1 Å². The average molecular weight is 270 g/mol. The van der Waals surface area contributed by atoms with Gasteiger partial charge in [-0.05, 0) is 30.6 Å². The van der Waals surface area contributed by atoms with Crippen LogP contribution in [0, 0.1) is 16.7 Å². The average Bonchev–Trinajstić information content (AvgIpc) is 2.94. The fraction of sp³-hybridized carbons (Fsp3) is 0.846. The maximum atomic E-state index is 12.4. The Morgan fingerprint density at radius 1 is 1.44 bits per heavy atom. The summed E-state index contributed by atoms with van der Waals surface area (Å²) in [7, 11) is 0. The molecule has 2 fully saturated rings. The molecule has 1 saturated carbocycles. The van der Waals surface area contributed by atoms with Gasteiger partial charge in [0.1, 0.15) is 5.41 Å². The molecule has 0 bridgehead atoms. The summed E-state index contributed by atoms with van der Waals surface area (Å²) in [6, 6.07) is 0. The van der Waals surface area contributed by atoms with Gasteiger partial charge in [0.05, 0.1) is 4.99 Å². The van der Waals surface area contributed by atoms with Gasteiger partial charge >= 0.3 is 0 Å². The van der Waals surface area contributed by atoms with Crippen LogP contribution in [0.15, 0.2) is 0 Å². The summed E-state index contributed by atoms with van der Waals surface area (Å²) in [6.45, 7) is 6.29. The zero-order valence-electron chi connectivity index (χ0n) is 11.1. The standard InChI is InChI=1S/C13H22N2O2S/c1-12(2)7-9(12)8-15-11(16)13(10(14)18)3-5-17-6-4-13/h9H,3-8H2,1-2H3,(H2,14,18)(H,15,16). The predicted octanol–water partition coefficient (Wildman–Crippen LogP) is 1.23. The maximum Gasteiger partial charge on any atom is 0.233 e. The minimum atomic E-state index is -0.688. The Hall–Kier alpha value is -0.680. The molecule has 1 atom stereocenters. The third-order valence-electron chi connectivity index (χ3n) is 4.48. The highest BCUT2D eigenvalue weighted by Gasteiger charge is 2.47. The Morgan fingerprint density at radius 2 is 2.00 bits per heavy atom. The van der Waals surface area contributed by atoms with E-state index in [1.165, 1.54) is 6.42 Å². The lowest BCUT2D eigenvalue weighted by atomic mass is 9.79. The van der Waals surface area contributed by atoms with E-state index in [0.717, 1.165) is 6.54 Å². The molecular formula is C13H22N2O2S. The van der Waals surface area contributed by atoms with E-state index in [1.54, 1.807) is 0 Å². The number of carbonyl (C=O) groups is 1. The van der Waals surface area contributed by atoms with Crippen molar-refractivity contribution in [1.29, 1.82) is 0 Å². The number of hydrogen-bond donors (Lipinski definition) is 2. The van der Waals surface area contributed by atoms with E-state index in [2.05, 4.69) is 19.2 Å². The maximum absolute atomic E-state index is 12.4. The first kappa shape index (κ1) is 13.7. The van der Waals surface area contributed by atoms with Crippen molar-refractivity contribution in [3.05, 3.63) is 0 Å². The molecular weight excluding hydrogens is 248 g/mol. The van der Waals surface area contributed by atoms with Crippen LogP contribution in [0.5, 0.6) is 0 Å². The lowest BCUT2D eigenvalue weighted by molar-refractivity contribution is -0.131. The van der Waals surface area contributed by atoms with Gasteiger partial charge in [-0.3, -0.25) is 4.79 Å². The van der Waals surface area contributed by atoms with Gasteiger partial charge in [0.15, 0.2) is 0 Å². The fourth-order valence-electron chi connectivity index (χ4n) is 2.61. The van der Waals surface area contributed by atoms with Crippen LogP contribution in [-0.2, 0) is 9.53 Å². The van der Waals surface area contributed by atoms with Crippen LogP contribution in [0.2, 0.25) is 0 Å². The monoisotopic (exact) mass is 270 g/mol. The summed E-state index contributed by atoms with van der Waals surface area (Å²) >= 11 is 5.11. The molecule has 0 aromatic carbocycles. The van der Waals surface area contributed by atoms with Gasteiger partial charge in [-0.25, -0.2) is 0 Å². The number of amides is 1. The SMILES string of the molecule is CC1(C)CC1CNC(=O)C1(C(N)=S)CCOCC1. The zero-order chi connectivity index (χ0) is 13.4. The van der Waals surface area contributed by atoms with Gasteiger partial charge < -0.3 is 15.8 Å². The second-order valence-corrected chi connectivity index (χ2v) is 6.60. The molecule has 1 aliphatic carbocycles. The van der Waals surface area contributed by atoms with E-state index in [1.807, 2.05) is 0 Å². The normalized spacial score (nSPS) is 28.4. The van der Waals surface area contributed by atoms with E-state index < -0.39 is 5.41 Å². The second-order valence-electron chi connectivity index (χ2n) is 6.16. The highest BCUT2D eigenvalue weighted by Crippen LogP contribution is 2.51. The van der Waals surface area contributed by atoms with Crippen LogP contribution in [0.3, 0.4) is 0 Å². The van der Waals surface area contributed by atoms with Crippen molar-refractivity contribution < 1.29 is 9.53 Å². The Labute approximate surface area is 114 Å². The molecule has 5 heteroatoms. The summed E-state index contributed by atoms with van der Waals surface area (Å²) in [4.78, 5) is 12.7. The molecule has 4 nitrogen and oxygen atoms in total. The Balaban J connectivity index is 1.94. The van der Waals surface area contributed by atoms with Crippen LogP contribution in [0.1, 0.15) is 33.1 Å². The summed E-state index contributed by atoms with van der Waals surface area (Å²) in [6.07, 6.45) is 2.38. The molecule has 0 radical (unpaired) electrons. The van der Waals surface area contributed by atoms with Crippen molar-refractivity contribution in [3.63, 3.8) is 0 Å². The number of nitrogens with two attached hydrogens (primary N) is 1. The van der Waals surface area contributed by atoms with Crippen molar-refractivity contribution in [2.75, 3.05) is 19.8 Å². The molecule has 0 aromatic rings. The summed E-state index contributed by atoms with van der Waals surface area (Å²) < 4.78 is 5.30. The van der Waals surface area contributed by atoms with Crippen LogP contribution in [-0.4, -0.2) is 30.7 Å². The van der Waals surface area contributed by atoms with Crippen LogP contribution in [0.4, 0.5) is 0 Å². The topological polar surface area (TPSA) is 64.4 Å². The molecule has 3 N–H and O–H groups in total. The first-order valence-electron chi connectivity index (χ1n) is 6.54. The smallest absolute Gasteiger partial charge is 0.233 e. The fourth-order valence-corrected chi connectivity index (χ4v) is 2.91. The molecule has 0 aromatic heterocycles. The third-order valence-corrected chi connectivity index (χ3v) is 4.87. The number of thiocarbonyl (C=S) groups is 1. The largest absolute Gasteiger partial charge is 0.392 e. The summed E-state index contributed by atoms with van der Waals surface area (Å²) in [5.74, 6) is 0.575. The first-order valence-corrected chi connectivity index (χ1v) is 6.95. The van der Waals surface area contributed by atoms with Gasteiger partial charge in [0.2, 0.25) is 5.91 Å². The summed E-state index contributed by atoms with van der Waals surface area (Å²) in [5.41, 5.74) is 5.48. The molecule has 2 rings (SSSR count). The molecule has 1 saturated heterocycles. The van der Waals surface area contributed by atoms with Gasteiger partial charge in [0, 0.05) is 19.8 Å². The van der Waals surface area contributed by atoms with Crippen molar-refractivity contribution >= 4 is 23.1 Å². The lowest BCUT2D eigenvalue weighted by Gasteiger charge is -2.34. The zero-order valence-corrected chi connectivity index (χ0v) is 11.9. The van der Waals surface area contributed by atoms with E-state index >= 15 is 0 Å². The van der Waals surface area contributed by atoms with Crippen LogP contribution < -0.4 is 11.1 Å². The predicted molar refractivity (Wildman–Crippen MR) is 74.2 cm³/mol. The van der Waals surface area contributed by atoms with Crippen molar-refractivity contribution in [1.82, 2.24) is 5.32 Å². The Kier molecular flexibility index (Phi) is 3.65. The van der Waals surface area contributed by atoms with E-state index in [0.29, 0.717) is 42.4 Å². The molecule has 18 heavy (non-hydrogen) atoms. The minimum Gasteiger partial charge on any atom is -0.392 e. The summed E-state index contributed by atoms with van der Waals surface area (Å²) in [5, 5.41) is 3.03. The second kappa shape index (κ2) is 4.78.